The molecule has 2 saturated heterocycles. The molecule has 0 saturated carbocycles. The predicted octanol–water partition coefficient (Wildman–Crippen LogP) is 1.47. The smallest absolute Gasteiger partial charge is 0.195 e. The van der Waals surface area contributed by atoms with Gasteiger partial charge < -0.3 is 19.3 Å². The molecule has 6 atom stereocenters. The molecule has 2 aliphatic heterocycles. The third-order valence-corrected chi connectivity index (χ3v) is 7.04. The third kappa shape index (κ3) is 4.16. The molecule has 1 N–H and O–H groups in total. The Bertz CT molecular complexity index is 1200. The van der Waals surface area contributed by atoms with Gasteiger partial charge in [-0.05, 0) is 22.0 Å². The Labute approximate surface area is 199 Å². The monoisotopic (exact) mass is 537 g/mol. The molecule has 11 nitrogen and oxygen atoms in total. The summed E-state index contributed by atoms with van der Waals surface area (Å²) < 4.78 is 34.8. The molecular formula is C19H17BrFN7O4S. The van der Waals surface area contributed by atoms with Crippen molar-refractivity contribution < 1.29 is 23.7 Å². The van der Waals surface area contributed by atoms with E-state index in [1.54, 1.807) is 23.1 Å². The average molecular weight is 538 g/mol. The van der Waals surface area contributed by atoms with Gasteiger partial charge in [-0.25, -0.2) is 18.7 Å². The fraction of sp³-hybridized carbons (Fsp3) is 0.421. The number of fused-ring (bicyclic) bond motifs is 1. The second kappa shape index (κ2) is 9.09. The van der Waals surface area contributed by atoms with E-state index in [1.807, 2.05) is 0 Å². The van der Waals surface area contributed by atoms with E-state index in [-0.39, 0.29) is 12.3 Å². The Hall–Kier alpha value is -2.41. The number of hydrogen-bond donors (Lipinski definition) is 1. The minimum absolute atomic E-state index is 0.0907. The van der Waals surface area contributed by atoms with Gasteiger partial charge in [-0.1, -0.05) is 17.0 Å². The van der Waals surface area contributed by atoms with E-state index >= 15 is 0 Å². The fourth-order valence-electron chi connectivity index (χ4n) is 3.97. The number of halogens is 2. The number of methoxy groups -OCH3 is 1. The summed E-state index contributed by atoms with van der Waals surface area (Å²) in [6.07, 6.45) is 2.73. The molecule has 0 aliphatic carbocycles. The summed E-state index contributed by atoms with van der Waals surface area (Å²) in [5.74, 6) is -0.192. The second-order valence-corrected chi connectivity index (χ2v) is 9.47. The first-order valence-electron chi connectivity index (χ1n) is 9.81. The lowest BCUT2D eigenvalue weighted by Gasteiger charge is -2.43. The van der Waals surface area contributed by atoms with Crippen LogP contribution in [0.5, 0.6) is 0 Å². The van der Waals surface area contributed by atoms with E-state index in [2.05, 4.69) is 42.4 Å². The number of aromatic nitrogens is 6. The molecule has 5 rings (SSSR count). The first kappa shape index (κ1) is 22.4. The lowest BCUT2D eigenvalue weighted by molar-refractivity contribution is -0.170. The maximum absolute atomic E-state index is 13.4. The highest BCUT2D eigenvalue weighted by atomic mass is 79.9. The van der Waals surface area contributed by atoms with E-state index in [9.17, 15) is 14.8 Å². The number of ether oxygens (including phenoxy) is 3. The van der Waals surface area contributed by atoms with Gasteiger partial charge in [0.2, 0.25) is 0 Å². The van der Waals surface area contributed by atoms with Crippen LogP contribution in [0, 0.1) is 17.1 Å². The zero-order valence-corrected chi connectivity index (χ0v) is 19.4. The molecular weight excluding hydrogens is 521 g/mol. The first-order chi connectivity index (χ1) is 16.0. The lowest BCUT2D eigenvalue weighted by Crippen LogP contribution is -2.55. The van der Waals surface area contributed by atoms with Crippen molar-refractivity contribution in [1.82, 2.24) is 29.8 Å². The fourth-order valence-corrected chi connectivity index (χ4v) is 5.70. The van der Waals surface area contributed by atoms with Crippen molar-refractivity contribution in [3.8, 4) is 11.9 Å². The predicted molar refractivity (Wildman–Crippen MR) is 114 cm³/mol. The molecule has 14 heteroatoms. The molecule has 2 fully saturated rings. The van der Waals surface area contributed by atoms with Crippen LogP contribution in [0.15, 0.2) is 40.2 Å². The molecule has 4 unspecified atom stereocenters. The van der Waals surface area contributed by atoms with Crippen LogP contribution in [0.4, 0.5) is 4.39 Å². The van der Waals surface area contributed by atoms with Crippen molar-refractivity contribution in [1.29, 1.82) is 5.26 Å². The minimum Gasteiger partial charge on any atom is -0.388 e. The third-order valence-electron chi connectivity index (χ3n) is 5.43. The van der Waals surface area contributed by atoms with Crippen molar-refractivity contribution in [3.63, 3.8) is 0 Å². The maximum Gasteiger partial charge on any atom is 0.195 e. The SMILES string of the molecule is COC1C(n2cc(-n3cc(F)cn3)nn2)[C@H]2OCC(O)C2O[C@@H]1Sc1cc(Br)cnc1C#N. The van der Waals surface area contributed by atoms with Crippen molar-refractivity contribution in [3.05, 3.63) is 46.8 Å². The largest absolute Gasteiger partial charge is 0.388 e. The van der Waals surface area contributed by atoms with Crippen molar-refractivity contribution >= 4 is 27.7 Å². The molecule has 0 radical (unpaired) electrons. The van der Waals surface area contributed by atoms with E-state index in [1.165, 1.54) is 29.8 Å². The van der Waals surface area contributed by atoms with Crippen molar-refractivity contribution in [2.45, 2.75) is 40.8 Å². The van der Waals surface area contributed by atoms with Crippen LogP contribution in [-0.2, 0) is 14.2 Å². The van der Waals surface area contributed by atoms with Crippen LogP contribution < -0.4 is 0 Å². The molecule has 0 aromatic carbocycles. The van der Waals surface area contributed by atoms with Gasteiger partial charge in [0.1, 0.15) is 42.0 Å². The highest BCUT2D eigenvalue weighted by molar-refractivity contribution is 9.10. The molecule has 3 aromatic rings. The molecule has 33 heavy (non-hydrogen) atoms. The van der Waals surface area contributed by atoms with Gasteiger partial charge >= 0.3 is 0 Å². The normalized spacial score (nSPS) is 29.1. The molecule has 0 bridgehead atoms. The molecule has 0 amide bonds. The number of nitriles is 1. The van der Waals surface area contributed by atoms with Crippen LogP contribution in [0.2, 0.25) is 0 Å². The van der Waals surface area contributed by atoms with Crippen LogP contribution in [0.3, 0.4) is 0 Å². The topological polar surface area (TPSA) is 133 Å². The van der Waals surface area contributed by atoms with Gasteiger partial charge in [0.05, 0.1) is 25.2 Å². The average Bonchev–Trinajstić information content (AvgIpc) is 3.54. The number of nitrogens with zero attached hydrogens (tertiary/aromatic N) is 7. The highest BCUT2D eigenvalue weighted by Crippen LogP contribution is 2.44. The molecule has 0 spiro atoms. The number of aliphatic hydroxyl groups excluding tert-OH is 1. The van der Waals surface area contributed by atoms with Crippen molar-refractivity contribution in [2.24, 2.45) is 0 Å². The lowest BCUT2D eigenvalue weighted by atomic mass is 9.96. The van der Waals surface area contributed by atoms with Gasteiger partial charge in [-0.15, -0.1) is 5.10 Å². The summed E-state index contributed by atoms with van der Waals surface area (Å²) in [4.78, 5) is 4.74. The Kier molecular flexibility index (Phi) is 6.16. The quantitative estimate of drug-likeness (QED) is 0.509. The van der Waals surface area contributed by atoms with Crippen LogP contribution >= 0.6 is 27.7 Å². The zero-order valence-electron chi connectivity index (χ0n) is 17.0. The highest BCUT2D eigenvalue weighted by Gasteiger charge is 2.54. The number of thioether (sulfide) groups is 1. The van der Waals surface area contributed by atoms with Crippen LogP contribution in [0.1, 0.15) is 11.7 Å². The number of pyridine rings is 1. The maximum atomic E-state index is 13.4. The van der Waals surface area contributed by atoms with Gasteiger partial charge in [-0.3, -0.25) is 0 Å². The summed E-state index contributed by atoms with van der Waals surface area (Å²) in [6, 6.07) is 3.32. The molecule has 2 aliphatic rings. The van der Waals surface area contributed by atoms with Gasteiger partial charge in [0, 0.05) is 22.7 Å². The van der Waals surface area contributed by atoms with E-state index < -0.39 is 41.7 Å². The molecule has 172 valence electrons. The molecule has 5 heterocycles. The van der Waals surface area contributed by atoms with Crippen molar-refractivity contribution in [2.75, 3.05) is 13.7 Å². The first-order valence-corrected chi connectivity index (χ1v) is 11.5. The van der Waals surface area contributed by atoms with E-state index in [0.717, 1.165) is 6.20 Å². The number of aliphatic hydroxyl groups is 1. The Morgan fingerprint density at radius 1 is 1.36 bits per heavy atom. The van der Waals surface area contributed by atoms with E-state index in [0.29, 0.717) is 15.2 Å². The van der Waals surface area contributed by atoms with Gasteiger partial charge in [0.15, 0.2) is 17.3 Å². The Morgan fingerprint density at radius 3 is 2.94 bits per heavy atom. The van der Waals surface area contributed by atoms with Crippen LogP contribution in [0.25, 0.3) is 5.82 Å². The number of rotatable bonds is 5. The number of hydrogen-bond acceptors (Lipinski definition) is 10. The zero-order chi connectivity index (χ0) is 23.1. The summed E-state index contributed by atoms with van der Waals surface area (Å²) in [6.45, 7) is 0.0907. The van der Waals surface area contributed by atoms with Gasteiger partial charge in [-0.2, -0.15) is 10.4 Å². The standard InChI is InChI=1S/C19H17BrFN7O4S/c1-30-18-15(28-7-14(25-26-28)27-6-10(21)5-24-27)17-16(12(29)8-31-17)32-19(18)33-13-2-9(20)4-23-11(13)3-22/h2,4-7,12,15-19,29H,8H2,1H3/t12?,15?,16?,17-,18?,19-/m1/s1. The van der Waals surface area contributed by atoms with Gasteiger partial charge in [0.25, 0.3) is 0 Å². The Morgan fingerprint density at radius 2 is 2.21 bits per heavy atom. The Balaban J connectivity index is 1.51. The summed E-state index contributed by atoms with van der Waals surface area (Å²) in [7, 11) is 1.53. The molecule has 3 aromatic heterocycles. The minimum atomic E-state index is -0.849. The van der Waals surface area contributed by atoms with Crippen LogP contribution in [-0.4, -0.2) is 78.4 Å². The van der Waals surface area contributed by atoms with E-state index in [4.69, 9.17) is 14.2 Å². The summed E-state index contributed by atoms with van der Waals surface area (Å²) in [5, 5.41) is 32.2. The summed E-state index contributed by atoms with van der Waals surface area (Å²) in [5.41, 5.74) is -0.386. The summed E-state index contributed by atoms with van der Waals surface area (Å²) >= 11 is 4.64. The second-order valence-electron chi connectivity index (χ2n) is 7.42.